The Bertz CT molecular complexity index is 543. The Morgan fingerprint density at radius 3 is 2.89 bits per heavy atom. The van der Waals surface area contributed by atoms with Crippen LogP contribution >= 0.6 is 0 Å². The Kier molecular flexibility index (Phi) is 3.06. The lowest BCUT2D eigenvalue weighted by atomic mass is 9.89. The number of nitrogens with zero attached hydrogens (tertiary/aromatic N) is 2. The van der Waals surface area contributed by atoms with E-state index < -0.39 is 0 Å². The first-order valence-electron chi connectivity index (χ1n) is 6.63. The highest BCUT2D eigenvalue weighted by Crippen LogP contribution is 2.22. The number of hydrogen-bond donors (Lipinski definition) is 2. The second kappa shape index (κ2) is 4.71. The molecule has 0 amide bonds. The molecule has 4 heteroatoms. The molecule has 4 nitrogen and oxygen atoms in total. The summed E-state index contributed by atoms with van der Waals surface area (Å²) in [6, 6.07) is 8.80. The van der Waals surface area contributed by atoms with Gasteiger partial charge in [-0.1, -0.05) is 18.2 Å². The van der Waals surface area contributed by atoms with Gasteiger partial charge in [-0.15, -0.1) is 0 Å². The number of aliphatic hydroxyl groups is 1. The van der Waals surface area contributed by atoms with Gasteiger partial charge in [0.1, 0.15) is 0 Å². The molecule has 18 heavy (non-hydrogen) atoms. The summed E-state index contributed by atoms with van der Waals surface area (Å²) in [6.45, 7) is 3.78. The number of para-hydroxylation sites is 1. The Balaban J connectivity index is 1.79. The van der Waals surface area contributed by atoms with Gasteiger partial charge in [-0.25, -0.2) is 0 Å². The van der Waals surface area contributed by atoms with Crippen LogP contribution in [0.4, 0.5) is 0 Å². The number of nitrogens with one attached hydrogen (secondary N) is 1. The van der Waals surface area contributed by atoms with Crippen LogP contribution in [-0.2, 0) is 13.1 Å². The number of hydrogen-bond acceptors (Lipinski definition) is 3. The molecule has 1 aromatic carbocycles. The summed E-state index contributed by atoms with van der Waals surface area (Å²) in [6.07, 6.45) is 1.63. The van der Waals surface area contributed by atoms with Crippen molar-refractivity contribution in [3.8, 4) is 0 Å². The Morgan fingerprint density at radius 2 is 2.17 bits per heavy atom. The van der Waals surface area contributed by atoms with E-state index in [4.69, 9.17) is 0 Å². The third-order valence-corrected chi connectivity index (χ3v) is 3.71. The van der Waals surface area contributed by atoms with Crippen molar-refractivity contribution in [2.24, 2.45) is 0 Å². The second-order valence-electron chi connectivity index (χ2n) is 4.98. The molecule has 2 N–H and O–H groups in total. The zero-order chi connectivity index (χ0) is 12.5. The highest BCUT2D eigenvalue weighted by Gasteiger charge is 2.26. The first-order chi connectivity index (χ1) is 8.78. The predicted molar refractivity (Wildman–Crippen MR) is 71.3 cm³/mol. The Morgan fingerprint density at radius 1 is 1.39 bits per heavy atom. The normalized spacial score (nSPS) is 23.2. The molecule has 0 unspecified atom stereocenters. The Labute approximate surface area is 107 Å². The van der Waals surface area contributed by atoms with Gasteiger partial charge in [0.05, 0.1) is 17.3 Å². The van der Waals surface area contributed by atoms with Crippen molar-refractivity contribution in [2.45, 2.75) is 45.0 Å². The SMILES string of the molecule is CCn1nc(CNC2CC(O)C2)c2ccccc21. The molecule has 0 radical (unpaired) electrons. The predicted octanol–water partition coefficient (Wildman–Crippen LogP) is 1.67. The third-order valence-electron chi connectivity index (χ3n) is 3.71. The molecule has 1 saturated carbocycles. The fourth-order valence-corrected chi connectivity index (χ4v) is 2.56. The fourth-order valence-electron chi connectivity index (χ4n) is 2.56. The average Bonchev–Trinajstić information content (AvgIpc) is 2.72. The van der Waals surface area contributed by atoms with E-state index in [1.807, 2.05) is 4.68 Å². The van der Waals surface area contributed by atoms with Crippen molar-refractivity contribution in [3.63, 3.8) is 0 Å². The first kappa shape index (κ1) is 11.7. The van der Waals surface area contributed by atoms with Crippen molar-refractivity contribution in [2.75, 3.05) is 0 Å². The van der Waals surface area contributed by atoms with Gasteiger partial charge in [0.2, 0.25) is 0 Å². The molecular formula is C14H19N3O. The van der Waals surface area contributed by atoms with E-state index in [0.717, 1.165) is 31.6 Å². The maximum absolute atomic E-state index is 9.27. The number of aliphatic hydroxyl groups excluding tert-OH is 1. The molecule has 0 bridgehead atoms. The van der Waals surface area contributed by atoms with Gasteiger partial charge in [0.15, 0.2) is 0 Å². The minimum atomic E-state index is -0.104. The van der Waals surface area contributed by atoms with Crippen LogP contribution in [0.3, 0.4) is 0 Å². The third kappa shape index (κ3) is 2.02. The second-order valence-corrected chi connectivity index (χ2v) is 4.98. The van der Waals surface area contributed by atoms with E-state index in [1.165, 1.54) is 10.9 Å². The van der Waals surface area contributed by atoms with Crippen LogP contribution in [-0.4, -0.2) is 27.0 Å². The van der Waals surface area contributed by atoms with E-state index in [9.17, 15) is 5.11 Å². The smallest absolute Gasteiger partial charge is 0.0841 e. The molecule has 2 aromatic rings. The van der Waals surface area contributed by atoms with Gasteiger partial charge >= 0.3 is 0 Å². The van der Waals surface area contributed by atoms with E-state index in [-0.39, 0.29) is 6.10 Å². The van der Waals surface area contributed by atoms with Gasteiger partial charge in [-0.3, -0.25) is 4.68 Å². The molecule has 0 atom stereocenters. The molecule has 1 aliphatic rings. The van der Waals surface area contributed by atoms with Crippen molar-refractivity contribution < 1.29 is 5.11 Å². The van der Waals surface area contributed by atoms with Gasteiger partial charge < -0.3 is 10.4 Å². The van der Waals surface area contributed by atoms with E-state index in [0.29, 0.717) is 6.04 Å². The van der Waals surface area contributed by atoms with E-state index >= 15 is 0 Å². The zero-order valence-electron chi connectivity index (χ0n) is 10.6. The van der Waals surface area contributed by atoms with Crippen LogP contribution < -0.4 is 5.32 Å². The molecule has 1 heterocycles. The first-order valence-corrected chi connectivity index (χ1v) is 6.63. The van der Waals surface area contributed by atoms with Crippen LogP contribution in [0, 0.1) is 0 Å². The number of aromatic nitrogens is 2. The monoisotopic (exact) mass is 245 g/mol. The Hall–Kier alpha value is -1.39. The van der Waals surface area contributed by atoms with Crippen molar-refractivity contribution >= 4 is 10.9 Å². The summed E-state index contributed by atoms with van der Waals surface area (Å²) < 4.78 is 2.04. The number of fused-ring (bicyclic) bond motifs is 1. The van der Waals surface area contributed by atoms with E-state index in [1.54, 1.807) is 0 Å². The fraction of sp³-hybridized carbons (Fsp3) is 0.500. The minimum absolute atomic E-state index is 0.104. The molecule has 0 aliphatic heterocycles. The highest BCUT2D eigenvalue weighted by atomic mass is 16.3. The quantitative estimate of drug-likeness (QED) is 0.861. The molecule has 3 rings (SSSR count). The summed E-state index contributed by atoms with van der Waals surface area (Å²) in [4.78, 5) is 0. The topological polar surface area (TPSA) is 50.1 Å². The summed E-state index contributed by atoms with van der Waals surface area (Å²) in [5.41, 5.74) is 2.30. The lowest BCUT2D eigenvalue weighted by molar-refractivity contribution is 0.0618. The molecule has 96 valence electrons. The van der Waals surface area contributed by atoms with Crippen molar-refractivity contribution in [1.29, 1.82) is 0 Å². The number of benzene rings is 1. The van der Waals surface area contributed by atoms with Gasteiger partial charge in [-0.2, -0.15) is 5.10 Å². The van der Waals surface area contributed by atoms with Crippen molar-refractivity contribution in [1.82, 2.24) is 15.1 Å². The molecule has 1 aliphatic carbocycles. The maximum atomic E-state index is 9.27. The molecular weight excluding hydrogens is 226 g/mol. The van der Waals surface area contributed by atoms with Crippen LogP contribution in [0.1, 0.15) is 25.5 Å². The van der Waals surface area contributed by atoms with Crippen LogP contribution in [0.5, 0.6) is 0 Å². The number of rotatable bonds is 4. The lowest BCUT2D eigenvalue weighted by Gasteiger charge is -2.31. The molecule has 0 spiro atoms. The van der Waals surface area contributed by atoms with Crippen LogP contribution in [0.15, 0.2) is 24.3 Å². The van der Waals surface area contributed by atoms with E-state index in [2.05, 4.69) is 41.6 Å². The van der Waals surface area contributed by atoms with Crippen LogP contribution in [0.25, 0.3) is 10.9 Å². The lowest BCUT2D eigenvalue weighted by Crippen LogP contribution is -2.43. The van der Waals surface area contributed by atoms with Crippen LogP contribution in [0.2, 0.25) is 0 Å². The van der Waals surface area contributed by atoms with Gasteiger partial charge in [0, 0.05) is 24.5 Å². The molecule has 1 aromatic heterocycles. The maximum Gasteiger partial charge on any atom is 0.0841 e. The molecule has 1 fully saturated rings. The number of aryl methyl sites for hydroxylation is 1. The molecule has 0 saturated heterocycles. The summed E-state index contributed by atoms with van der Waals surface area (Å²) in [5.74, 6) is 0. The largest absolute Gasteiger partial charge is 0.393 e. The average molecular weight is 245 g/mol. The van der Waals surface area contributed by atoms with Gasteiger partial charge in [-0.05, 0) is 25.8 Å². The van der Waals surface area contributed by atoms with Gasteiger partial charge in [0.25, 0.3) is 0 Å². The summed E-state index contributed by atoms with van der Waals surface area (Å²) in [5, 5.41) is 18.6. The minimum Gasteiger partial charge on any atom is -0.393 e. The van der Waals surface area contributed by atoms with Crippen molar-refractivity contribution in [3.05, 3.63) is 30.0 Å². The summed E-state index contributed by atoms with van der Waals surface area (Å²) >= 11 is 0. The standard InChI is InChI=1S/C14H19N3O/c1-2-17-14-6-4-3-5-12(14)13(16-17)9-15-10-7-11(18)8-10/h3-6,10-11,15,18H,2,7-9H2,1H3. The zero-order valence-corrected chi connectivity index (χ0v) is 10.6. The highest BCUT2D eigenvalue weighted by molar-refractivity contribution is 5.81. The summed E-state index contributed by atoms with van der Waals surface area (Å²) in [7, 11) is 0.